The Balaban J connectivity index is 1.37. The highest BCUT2D eigenvalue weighted by Gasteiger charge is 2.30. The van der Waals surface area contributed by atoms with Crippen molar-refractivity contribution in [3.05, 3.63) is 119 Å². The van der Waals surface area contributed by atoms with Gasteiger partial charge in [-0.3, -0.25) is 9.59 Å². The van der Waals surface area contributed by atoms with E-state index in [2.05, 4.69) is 5.32 Å². The maximum atomic E-state index is 12.8. The first-order valence-electron chi connectivity index (χ1n) is 11.8. The molecule has 198 valence electrons. The minimum Gasteiger partial charge on any atom is -0.480 e. The Labute approximate surface area is 221 Å². The molecule has 0 spiro atoms. The molecule has 0 saturated carbocycles. The van der Waals surface area contributed by atoms with E-state index in [1.165, 1.54) is 24.3 Å². The Morgan fingerprint density at radius 2 is 1.31 bits per heavy atom. The zero-order valence-electron chi connectivity index (χ0n) is 20.3. The average Bonchev–Trinajstić information content (AvgIpc) is 2.93. The van der Waals surface area contributed by atoms with Gasteiger partial charge in [0.15, 0.2) is 0 Å². The summed E-state index contributed by atoms with van der Waals surface area (Å²) >= 11 is 0. The quantitative estimate of drug-likeness (QED) is 0.243. The summed E-state index contributed by atoms with van der Waals surface area (Å²) in [5.74, 6) is -0.754. The first-order valence-corrected chi connectivity index (χ1v) is 11.8. The summed E-state index contributed by atoms with van der Waals surface area (Å²) in [6.45, 7) is 0. The molecule has 0 unspecified atom stereocenters. The van der Waals surface area contributed by atoms with Crippen LogP contribution in [0.2, 0.25) is 0 Å². The van der Waals surface area contributed by atoms with Crippen LogP contribution in [0.1, 0.15) is 31.8 Å². The molecule has 4 aromatic carbocycles. The van der Waals surface area contributed by atoms with Gasteiger partial charge < -0.3 is 15.2 Å². The van der Waals surface area contributed by atoms with Crippen molar-refractivity contribution in [3.8, 4) is 22.6 Å². The standard InChI is InChI=1S/C30H22F3NO5/c31-30(32,33)24-11-9-22(10-12-24)21-5-7-23(8-6-21)28(36)34-27(29(37)38)17-19-1-13-25(14-2-19)39-26-15-3-20(18-35)4-16-26/h1-16,18,27H,17H2,(H,34,36)(H,37,38)/t27-/m0/s1. The second-order valence-electron chi connectivity index (χ2n) is 8.65. The van der Waals surface area contributed by atoms with Gasteiger partial charge in [-0.1, -0.05) is 36.4 Å². The van der Waals surface area contributed by atoms with Gasteiger partial charge in [0.2, 0.25) is 0 Å². The summed E-state index contributed by atoms with van der Waals surface area (Å²) in [6.07, 6.45) is -3.67. The molecular formula is C30H22F3NO5. The zero-order valence-corrected chi connectivity index (χ0v) is 20.3. The van der Waals surface area contributed by atoms with Crippen molar-refractivity contribution in [2.45, 2.75) is 18.6 Å². The summed E-state index contributed by atoms with van der Waals surface area (Å²) < 4.78 is 44.1. The minimum atomic E-state index is -4.43. The number of carbonyl (C=O) groups is 3. The number of alkyl halides is 3. The maximum absolute atomic E-state index is 12.8. The molecule has 1 amide bonds. The van der Waals surface area contributed by atoms with Crippen molar-refractivity contribution in [2.24, 2.45) is 0 Å². The van der Waals surface area contributed by atoms with Gasteiger partial charge in [-0.15, -0.1) is 0 Å². The molecule has 0 aromatic heterocycles. The number of amides is 1. The lowest BCUT2D eigenvalue weighted by molar-refractivity contribution is -0.139. The van der Waals surface area contributed by atoms with Crippen LogP contribution in [0, 0.1) is 0 Å². The highest BCUT2D eigenvalue weighted by Crippen LogP contribution is 2.31. The topological polar surface area (TPSA) is 92.7 Å². The van der Waals surface area contributed by atoms with Crippen molar-refractivity contribution in [2.75, 3.05) is 0 Å². The summed E-state index contributed by atoms with van der Waals surface area (Å²) in [5.41, 5.74) is 1.79. The van der Waals surface area contributed by atoms with Crippen LogP contribution in [0.5, 0.6) is 11.5 Å². The molecule has 0 aliphatic carbocycles. The van der Waals surface area contributed by atoms with Crippen LogP contribution in [0.15, 0.2) is 97.1 Å². The number of ether oxygens (including phenoxy) is 1. The van der Waals surface area contributed by atoms with E-state index in [0.29, 0.717) is 33.8 Å². The molecule has 0 aliphatic heterocycles. The molecule has 2 N–H and O–H groups in total. The van der Waals surface area contributed by atoms with Crippen LogP contribution in [-0.4, -0.2) is 29.3 Å². The van der Waals surface area contributed by atoms with Gasteiger partial charge in [0.1, 0.15) is 23.8 Å². The van der Waals surface area contributed by atoms with E-state index in [1.807, 2.05) is 0 Å². The minimum absolute atomic E-state index is 0.0268. The van der Waals surface area contributed by atoms with Gasteiger partial charge in [0, 0.05) is 17.5 Å². The van der Waals surface area contributed by atoms with Crippen molar-refractivity contribution < 1.29 is 37.4 Å². The van der Waals surface area contributed by atoms with Crippen LogP contribution >= 0.6 is 0 Å². The van der Waals surface area contributed by atoms with E-state index in [-0.39, 0.29) is 12.0 Å². The van der Waals surface area contributed by atoms with Gasteiger partial charge in [0.05, 0.1) is 5.56 Å². The van der Waals surface area contributed by atoms with E-state index in [0.717, 1.165) is 18.4 Å². The smallest absolute Gasteiger partial charge is 0.416 e. The number of halogens is 3. The number of aldehydes is 1. The number of benzene rings is 4. The predicted octanol–water partition coefficient (Wildman–Crippen LogP) is 6.40. The summed E-state index contributed by atoms with van der Waals surface area (Å²) in [6, 6.07) is 22.9. The van der Waals surface area contributed by atoms with Crippen LogP contribution < -0.4 is 10.1 Å². The number of carboxylic acids is 1. The van der Waals surface area contributed by atoms with Crippen LogP contribution in [0.25, 0.3) is 11.1 Å². The second-order valence-corrected chi connectivity index (χ2v) is 8.65. The van der Waals surface area contributed by atoms with E-state index in [1.54, 1.807) is 60.7 Å². The second kappa shape index (κ2) is 11.6. The SMILES string of the molecule is O=Cc1ccc(Oc2ccc(C[C@H](NC(=O)c3ccc(-c4ccc(C(F)(F)F)cc4)cc3)C(=O)O)cc2)cc1. The van der Waals surface area contributed by atoms with Crippen molar-refractivity contribution in [1.29, 1.82) is 0 Å². The Morgan fingerprint density at radius 1 is 0.795 bits per heavy atom. The lowest BCUT2D eigenvalue weighted by Crippen LogP contribution is -2.42. The third-order valence-corrected chi connectivity index (χ3v) is 5.91. The molecule has 39 heavy (non-hydrogen) atoms. The molecular weight excluding hydrogens is 511 g/mol. The van der Waals surface area contributed by atoms with E-state index < -0.39 is 29.7 Å². The van der Waals surface area contributed by atoms with Gasteiger partial charge in [-0.05, 0) is 77.4 Å². The lowest BCUT2D eigenvalue weighted by Gasteiger charge is -2.15. The third kappa shape index (κ3) is 7.10. The predicted molar refractivity (Wildman–Crippen MR) is 138 cm³/mol. The summed E-state index contributed by atoms with van der Waals surface area (Å²) in [4.78, 5) is 35.3. The third-order valence-electron chi connectivity index (χ3n) is 5.91. The molecule has 0 heterocycles. The van der Waals surface area contributed by atoms with Crippen LogP contribution in [0.4, 0.5) is 13.2 Å². The Morgan fingerprint density at radius 3 is 1.79 bits per heavy atom. The molecule has 0 radical (unpaired) electrons. The number of nitrogens with one attached hydrogen (secondary N) is 1. The number of hydrogen-bond donors (Lipinski definition) is 2. The van der Waals surface area contributed by atoms with Gasteiger partial charge in [0.25, 0.3) is 5.91 Å². The monoisotopic (exact) mass is 533 g/mol. The molecule has 0 aliphatic rings. The average molecular weight is 534 g/mol. The van der Waals surface area contributed by atoms with Crippen molar-refractivity contribution >= 4 is 18.2 Å². The zero-order chi connectivity index (χ0) is 28.0. The number of carboxylic acid groups (broad SMARTS) is 1. The fourth-order valence-electron chi connectivity index (χ4n) is 3.79. The Hall–Kier alpha value is -4.92. The number of rotatable bonds is 9. The molecule has 0 fully saturated rings. The lowest BCUT2D eigenvalue weighted by atomic mass is 10.0. The molecule has 4 aromatic rings. The van der Waals surface area contributed by atoms with Crippen molar-refractivity contribution in [3.63, 3.8) is 0 Å². The molecule has 0 saturated heterocycles. The highest BCUT2D eigenvalue weighted by molar-refractivity contribution is 5.97. The largest absolute Gasteiger partial charge is 0.480 e. The van der Waals surface area contributed by atoms with Gasteiger partial charge in [-0.25, -0.2) is 4.79 Å². The fourth-order valence-corrected chi connectivity index (χ4v) is 3.79. The first-order chi connectivity index (χ1) is 18.6. The van der Waals surface area contributed by atoms with Crippen molar-refractivity contribution in [1.82, 2.24) is 5.32 Å². The molecule has 6 nitrogen and oxygen atoms in total. The fraction of sp³-hybridized carbons (Fsp3) is 0.100. The molecule has 0 bridgehead atoms. The first kappa shape index (κ1) is 27.1. The van der Waals surface area contributed by atoms with Gasteiger partial charge >= 0.3 is 12.1 Å². The maximum Gasteiger partial charge on any atom is 0.416 e. The van der Waals surface area contributed by atoms with Gasteiger partial charge in [-0.2, -0.15) is 13.2 Å². The number of carbonyl (C=O) groups excluding carboxylic acids is 2. The molecule has 9 heteroatoms. The normalized spacial score (nSPS) is 11.9. The summed E-state index contributed by atoms with van der Waals surface area (Å²) in [5, 5.41) is 12.2. The van der Waals surface area contributed by atoms with E-state index in [9.17, 15) is 32.7 Å². The number of hydrogen-bond acceptors (Lipinski definition) is 4. The van der Waals surface area contributed by atoms with Crippen LogP contribution in [0.3, 0.4) is 0 Å². The highest BCUT2D eigenvalue weighted by atomic mass is 19.4. The van der Waals surface area contributed by atoms with E-state index >= 15 is 0 Å². The Bertz CT molecular complexity index is 1450. The van der Waals surface area contributed by atoms with E-state index in [4.69, 9.17) is 4.74 Å². The number of aliphatic carboxylic acids is 1. The molecule has 1 atom stereocenters. The Kier molecular flexibility index (Phi) is 8.10. The van der Waals surface area contributed by atoms with Crippen LogP contribution in [-0.2, 0) is 17.4 Å². The molecule has 4 rings (SSSR count). The summed E-state index contributed by atoms with van der Waals surface area (Å²) in [7, 11) is 0.